The minimum Gasteiger partial charge on any atom is -0.549 e. The average molecular weight is 853 g/mol. The van der Waals surface area contributed by atoms with E-state index in [1.807, 2.05) is 0 Å². The molecule has 0 aromatic rings. The smallest absolute Gasteiger partial charge is 0.549 e. The van der Waals surface area contributed by atoms with E-state index in [2.05, 4.69) is 114 Å². The maximum absolute atomic E-state index is 11.1. The molecule has 0 aromatic carbocycles. The molecular formula is C52H96CaN2O4. The minimum absolute atomic E-state index is 0. The monoisotopic (exact) mass is 853 g/mol. The number of carbonyl (C=O) groups excluding carboxylic acids is 2. The molecule has 0 aliphatic rings. The number of carbonyl (C=O) groups is 2. The number of rotatable bonds is 40. The van der Waals surface area contributed by atoms with Crippen LogP contribution in [0, 0.1) is 23.7 Å². The molecule has 4 unspecified atom stereocenters. The van der Waals surface area contributed by atoms with Crippen molar-refractivity contribution in [2.75, 3.05) is 39.3 Å². The molecule has 0 N–H and O–H groups in total. The van der Waals surface area contributed by atoms with E-state index in [1.54, 1.807) is 0 Å². The second-order valence-corrected chi connectivity index (χ2v) is 17.7. The van der Waals surface area contributed by atoms with Crippen molar-refractivity contribution in [1.82, 2.24) is 9.80 Å². The molecule has 7 heteroatoms. The third-order valence-electron chi connectivity index (χ3n) is 11.7. The number of nitrogens with zero attached hydrogens (tertiary/aromatic N) is 2. The van der Waals surface area contributed by atoms with E-state index < -0.39 is 11.9 Å². The second kappa shape index (κ2) is 48.1. The van der Waals surface area contributed by atoms with Gasteiger partial charge < -0.3 is 19.8 Å². The SMILES string of the molecule is C/C=C/CCCCCC(C)CCN(CCC(C)CCCCC/C=C/C)CC(=O)[O-].C/C=C/CCCCCC(C)CCN(CCC(C)CCCCC/C=C/C)CC(=O)[O-].[Ca+2]. The van der Waals surface area contributed by atoms with Gasteiger partial charge in [-0.15, -0.1) is 0 Å². The van der Waals surface area contributed by atoms with Gasteiger partial charge in [0.25, 0.3) is 0 Å². The zero-order chi connectivity index (χ0) is 43.5. The molecule has 0 aliphatic carbocycles. The Kier molecular flexibility index (Phi) is 50.9. The first-order chi connectivity index (χ1) is 28.0. The van der Waals surface area contributed by atoms with Crippen LogP contribution in [0.3, 0.4) is 0 Å². The summed E-state index contributed by atoms with van der Waals surface area (Å²) in [6.07, 6.45) is 47.0. The Morgan fingerprint density at radius 2 is 0.610 bits per heavy atom. The predicted molar refractivity (Wildman–Crippen MR) is 255 cm³/mol. The Balaban J connectivity index is -0.00000105. The standard InChI is InChI=1S/2C26H49NO2.Ca/c2*1-5-7-9-11-13-15-17-24(3)19-21-27(23-26(28)29)22-20-25(4)18-16-14-12-10-8-6-2;/h2*5-8,24-25H,9-23H2,1-4H3,(H,28,29);/q;;+2/p-2/b2*7-5+,8-6+;. The van der Waals surface area contributed by atoms with Gasteiger partial charge in [0.1, 0.15) is 0 Å². The van der Waals surface area contributed by atoms with Gasteiger partial charge in [0.15, 0.2) is 0 Å². The number of unbranched alkanes of at least 4 members (excludes halogenated alkanes) is 12. The van der Waals surface area contributed by atoms with Gasteiger partial charge in [0, 0.05) is 13.1 Å². The topological polar surface area (TPSA) is 86.7 Å². The second-order valence-electron chi connectivity index (χ2n) is 17.7. The van der Waals surface area contributed by atoms with Crippen LogP contribution in [0.15, 0.2) is 48.6 Å². The quantitative estimate of drug-likeness (QED) is 0.0347. The molecule has 0 aliphatic heterocycles. The number of aliphatic carboxylic acids is 2. The fourth-order valence-corrected chi connectivity index (χ4v) is 7.49. The van der Waals surface area contributed by atoms with Crippen LogP contribution in [-0.2, 0) is 9.59 Å². The van der Waals surface area contributed by atoms with Crippen LogP contribution in [-0.4, -0.2) is 98.7 Å². The molecule has 4 atom stereocenters. The number of carboxylic acids is 2. The third kappa shape index (κ3) is 49.6. The molecule has 0 fully saturated rings. The molecule has 0 heterocycles. The van der Waals surface area contributed by atoms with Crippen molar-refractivity contribution in [3.63, 3.8) is 0 Å². The number of hydrogen-bond donors (Lipinski definition) is 0. The fourth-order valence-electron chi connectivity index (χ4n) is 7.49. The molecule has 0 radical (unpaired) electrons. The van der Waals surface area contributed by atoms with Gasteiger partial charge in [0.05, 0.1) is 11.9 Å². The van der Waals surface area contributed by atoms with Crippen molar-refractivity contribution in [3.05, 3.63) is 48.6 Å². The van der Waals surface area contributed by atoms with Crippen molar-refractivity contribution in [2.24, 2.45) is 23.7 Å². The minimum atomic E-state index is -0.946. The third-order valence-corrected chi connectivity index (χ3v) is 11.7. The van der Waals surface area contributed by atoms with Gasteiger partial charge >= 0.3 is 37.7 Å². The molecule has 0 spiro atoms. The summed E-state index contributed by atoms with van der Waals surface area (Å²) >= 11 is 0. The van der Waals surface area contributed by atoms with Crippen LogP contribution in [0.2, 0.25) is 0 Å². The van der Waals surface area contributed by atoms with Crippen molar-refractivity contribution >= 4 is 49.7 Å². The molecule has 0 saturated heterocycles. The number of hydrogen-bond acceptors (Lipinski definition) is 6. The summed E-state index contributed by atoms with van der Waals surface area (Å²) < 4.78 is 0. The molecule has 0 bridgehead atoms. The summed E-state index contributed by atoms with van der Waals surface area (Å²) in [5.41, 5.74) is 0. The van der Waals surface area contributed by atoms with Crippen molar-refractivity contribution in [2.45, 2.75) is 209 Å². The molecule has 340 valence electrons. The first kappa shape index (κ1) is 62.4. The zero-order valence-electron chi connectivity index (χ0n) is 40.4. The largest absolute Gasteiger partial charge is 2.00 e. The summed E-state index contributed by atoms with van der Waals surface area (Å²) in [6, 6.07) is 0. The Morgan fingerprint density at radius 3 is 0.797 bits per heavy atom. The van der Waals surface area contributed by atoms with Crippen LogP contribution < -0.4 is 10.2 Å². The van der Waals surface area contributed by atoms with Gasteiger partial charge in [-0.3, -0.25) is 9.80 Å². The Labute approximate surface area is 397 Å². The molecule has 0 saturated carbocycles. The normalized spacial score (nSPS) is 14.0. The van der Waals surface area contributed by atoms with Crippen LogP contribution in [0.1, 0.15) is 209 Å². The summed E-state index contributed by atoms with van der Waals surface area (Å²) in [7, 11) is 0. The Hall–Kier alpha value is -0.920. The van der Waals surface area contributed by atoms with E-state index in [9.17, 15) is 19.8 Å². The van der Waals surface area contributed by atoms with Gasteiger partial charge in [-0.1, -0.05) is 153 Å². The fraction of sp³-hybridized carbons (Fsp3) is 0.808. The van der Waals surface area contributed by atoms with E-state index in [0.29, 0.717) is 23.7 Å². The molecule has 0 rings (SSSR count). The number of allylic oxidation sites excluding steroid dienone is 8. The summed E-state index contributed by atoms with van der Waals surface area (Å²) in [5, 5.41) is 22.3. The maximum Gasteiger partial charge on any atom is 2.00 e. The van der Waals surface area contributed by atoms with Crippen molar-refractivity contribution in [3.8, 4) is 0 Å². The number of carboxylic acid groups (broad SMARTS) is 2. The molecule has 6 nitrogen and oxygen atoms in total. The van der Waals surface area contributed by atoms with Gasteiger partial charge in [-0.2, -0.15) is 0 Å². The summed E-state index contributed by atoms with van der Waals surface area (Å²) in [4.78, 5) is 26.5. The Bertz CT molecular complexity index is 884. The predicted octanol–water partition coefficient (Wildman–Crippen LogP) is 11.9. The first-order valence-corrected chi connectivity index (χ1v) is 24.3. The molecule has 0 amide bonds. The van der Waals surface area contributed by atoms with E-state index in [0.717, 1.165) is 51.9 Å². The average Bonchev–Trinajstić information content (AvgIpc) is 3.19. The first-order valence-electron chi connectivity index (χ1n) is 24.3. The van der Waals surface area contributed by atoms with Gasteiger partial charge in [-0.25, -0.2) is 0 Å². The van der Waals surface area contributed by atoms with Gasteiger partial charge in [-0.05, 0) is 155 Å². The molecule has 59 heavy (non-hydrogen) atoms. The van der Waals surface area contributed by atoms with Crippen LogP contribution >= 0.6 is 0 Å². The van der Waals surface area contributed by atoms with E-state index in [-0.39, 0.29) is 50.8 Å². The van der Waals surface area contributed by atoms with E-state index in [1.165, 1.54) is 128 Å². The van der Waals surface area contributed by atoms with Crippen LogP contribution in [0.5, 0.6) is 0 Å². The summed E-state index contributed by atoms with van der Waals surface area (Å²) in [5.74, 6) is 0.758. The van der Waals surface area contributed by atoms with E-state index in [4.69, 9.17) is 0 Å². The molecular weight excluding hydrogens is 757 g/mol. The maximum atomic E-state index is 11.1. The molecule has 0 aromatic heterocycles. The van der Waals surface area contributed by atoms with Crippen LogP contribution in [0.4, 0.5) is 0 Å². The van der Waals surface area contributed by atoms with Crippen molar-refractivity contribution < 1.29 is 19.8 Å². The van der Waals surface area contributed by atoms with E-state index >= 15 is 0 Å². The zero-order valence-corrected chi connectivity index (χ0v) is 42.6. The summed E-state index contributed by atoms with van der Waals surface area (Å²) in [6.45, 7) is 21.2. The van der Waals surface area contributed by atoms with Gasteiger partial charge in [0.2, 0.25) is 0 Å². The Morgan fingerprint density at radius 1 is 0.390 bits per heavy atom. The van der Waals surface area contributed by atoms with Crippen molar-refractivity contribution in [1.29, 1.82) is 0 Å². The van der Waals surface area contributed by atoms with Crippen LogP contribution in [0.25, 0.3) is 0 Å².